The standard InChI is InChI=1S/C17H14N2O7/c1-2-3-26-15-13-7(11(20)5-9(18-13)16(22)23)4-8-12(21)6-10(17(24)25)19-14(8)15/h4-6H,2-3H2,1H3,(H,18,20)(H,19,21)(H,22,23)(H,24,25). The van der Waals surface area contributed by atoms with Crippen LogP contribution in [0.5, 0.6) is 5.75 Å². The van der Waals surface area contributed by atoms with E-state index in [1.54, 1.807) is 0 Å². The quantitative estimate of drug-likeness (QED) is 0.505. The fourth-order valence-electron chi connectivity index (χ4n) is 2.63. The van der Waals surface area contributed by atoms with E-state index in [1.165, 1.54) is 6.07 Å². The Morgan fingerprint density at radius 1 is 0.923 bits per heavy atom. The van der Waals surface area contributed by atoms with Gasteiger partial charge in [-0.05, 0) is 12.5 Å². The smallest absolute Gasteiger partial charge is 0.352 e. The summed E-state index contributed by atoms with van der Waals surface area (Å²) in [6, 6.07) is 3.12. The zero-order chi connectivity index (χ0) is 19.0. The van der Waals surface area contributed by atoms with Gasteiger partial charge in [-0.1, -0.05) is 6.92 Å². The number of carboxylic acids is 2. The zero-order valence-electron chi connectivity index (χ0n) is 13.6. The summed E-state index contributed by atoms with van der Waals surface area (Å²) < 4.78 is 5.64. The largest absolute Gasteiger partial charge is 0.489 e. The molecule has 0 aliphatic rings. The molecule has 0 saturated heterocycles. The number of rotatable bonds is 5. The third kappa shape index (κ3) is 2.79. The highest BCUT2D eigenvalue weighted by Crippen LogP contribution is 2.30. The lowest BCUT2D eigenvalue weighted by Gasteiger charge is -2.13. The first-order valence-electron chi connectivity index (χ1n) is 7.70. The van der Waals surface area contributed by atoms with Crippen molar-refractivity contribution >= 4 is 33.7 Å². The minimum Gasteiger partial charge on any atom is -0.489 e. The van der Waals surface area contributed by atoms with E-state index in [4.69, 9.17) is 14.9 Å². The molecule has 0 aliphatic heterocycles. The molecule has 0 aliphatic carbocycles. The van der Waals surface area contributed by atoms with E-state index < -0.39 is 22.8 Å². The van der Waals surface area contributed by atoms with E-state index in [-0.39, 0.29) is 45.6 Å². The molecular formula is C17H14N2O7. The van der Waals surface area contributed by atoms with Crippen molar-refractivity contribution in [2.24, 2.45) is 0 Å². The summed E-state index contributed by atoms with van der Waals surface area (Å²) in [6.07, 6.45) is 0.601. The monoisotopic (exact) mass is 358 g/mol. The third-order valence-corrected chi connectivity index (χ3v) is 3.79. The molecule has 4 N–H and O–H groups in total. The predicted molar refractivity (Wildman–Crippen MR) is 92.4 cm³/mol. The molecule has 2 aromatic heterocycles. The molecule has 0 spiro atoms. The van der Waals surface area contributed by atoms with Crippen LogP contribution in [0.3, 0.4) is 0 Å². The Morgan fingerprint density at radius 3 is 1.77 bits per heavy atom. The summed E-state index contributed by atoms with van der Waals surface area (Å²) in [4.78, 5) is 52.3. The van der Waals surface area contributed by atoms with E-state index in [9.17, 15) is 19.2 Å². The second kappa shape index (κ2) is 6.36. The number of carboxylic acid groups (broad SMARTS) is 2. The maximum absolute atomic E-state index is 12.3. The van der Waals surface area contributed by atoms with Crippen LogP contribution in [0.25, 0.3) is 21.8 Å². The predicted octanol–water partition coefficient (Wildman–Crippen LogP) is 1.55. The molecule has 0 radical (unpaired) electrons. The number of H-pyrrole nitrogens is 2. The van der Waals surface area contributed by atoms with Crippen LogP contribution in [0, 0.1) is 0 Å². The third-order valence-electron chi connectivity index (χ3n) is 3.79. The molecule has 1 aromatic carbocycles. The van der Waals surface area contributed by atoms with Gasteiger partial charge in [0.2, 0.25) is 0 Å². The summed E-state index contributed by atoms with van der Waals surface area (Å²) in [5.41, 5.74) is -1.73. The van der Waals surface area contributed by atoms with Crippen LogP contribution < -0.4 is 15.6 Å². The van der Waals surface area contributed by atoms with Crippen molar-refractivity contribution in [2.75, 3.05) is 6.61 Å². The SMILES string of the molecule is CCCOc1c2[nH]c(C(=O)O)cc(=O)c2cc2c(=O)cc(C(=O)O)[nH]c12. The van der Waals surface area contributed by atoms with Gasteiger partial charge in [-0.2, -0.15) is 0 Å². The summed E-state index contributed by atoms with van der Waals surface area (Å²) in [5.74, 6) is -2.64. The average Bonchev–Trinajstić information content (AvgIpc) is 2.59. The highest BCUT2D eigenvalue weighted by Gasteiger charge is 2.18. The first kappa shape index (κ1) is 17.2. The Morgan fingerprint density at radius 2 is 1.38 bits per heavy atom. The van der Waals surface area contributed by atoms with Gasteiger partial charge in [-0.25, -0.2) is 9.59 Å². The molecule has 26 heavy (non-hydrogen) atoms. The van der Waals surface area contributed by atoms with Crippen LogP contribution in [0.15, 0.2) is 27.8 Å². The second-order valence-electron chi connectivity index (χ2n) is 5.60. The van der Waals surface area contributed by atoms with Gasteiger partial charge in [0.1, 0.15) is 11.4 Å². The van der Waals surface area contributed by atoms with Crippen molar-refractivity contribution < 1.29 is 24.5 Å². The lowest BCUT2D eigenvalue weighted by Crippen LogP contribution is -2.14. The summed E-state index contributed by atoms with van der Waals surface area (Å²) >= 11 is 0. The van der Waals surface area contributed by atoms with Crippen molar-refractivity contribution in [3.05, 3.63) is 50.0 Å². The molecule has 0 unspecified atom stereocenters. The number of aromatic nitrogens is 2. The lowest BCUT2D eigenvalue weighted by atomic mass is 10.1. The van der Waals surface area contributed by atoms with Gasteiger partial charge in [-0.3, -0.25) is 9.59 Å². The summed E-state index contributed by atoms with van der Waals surface area (Å²) in [6.45, 7) is 2.05. The number of nitrogens with one attached hydrogen (secondary N) is 2. The highest BCUT2D eigenvalue weighted by molar-refractivity contribution is 6.04. The van der Waals surface area contributed by atoms with E-state index in [2.05, 4.69) is 9.97 Å². The molecule has 9 heteroatoms. The number of hydrogen-bond donors (Lipinski definition) is 4. The van der Waals surface area contributed by atoms with E-state index in [0.717, 1.165) is 12.1 Å². The zero-order valence-corrected chi connectivity index (χ0v) is 13.6. The number of benzene rings is 1. The molecule has 0 bridgehead atoms. The fourth-order valence-corrected chi connectivity index (χ4v) is 2.63. The molecule has 0 amide bonds. The lowest BCUT2D eigenvalue weighted by molar-refractivity contribution is 0.0680. The molecule has 0 atom stereocenters. The minimum absolute atomic E-state index is 0.0275. The van der Waals surface area contributed by atoms with Crippen LogP contribution in [-0.4, -0.2) is 38.7 Å². The molecule has 0 saturated carbocycles. The van der Waals surface area contributed by atoms with Crippen LogP contribution in [0.4, 0.5) is 0 Å². The Labute approximate surface area is 144 Å². The molecule has 9 nitrogen and oxygen atoms in total. The van der Waals surface area contributed by atoms with Gasteiger partial charge in [0, 0.05) is 12.1 Å². The number of aromatic carboxylic acids is 2. The Bertz CT molecular complexity index is 1090. The molecular weight excluding hydrogens is 344 g/mol. The van der Waals surface area contributed by atoms with Crippen molar-refractivity contribution in [1.82, 2.24) is 9.97 Å². The Hall–Kier alpha value is -3.62. The number of pyridine rings is 2. The van der Waals surface area contributed by atoms with Crippen LogP contribution >= 0.6 is 0 Å². The van der Waals surface area contributed by atoms with E-state index in [1.807, 2.05) is 6.92 Å². The molecule has 2 heterocycles. The average molecular weight is 358 g/mol. The van der Waals surface area contributed by atoms with E-state index >= 15 is 0 Å². The van der Waals surface area contributed by atoms with Crippen LogP contribution in [0.2, 0.25) is 0 Å². The van der Waals surface area contributed by atoms with Crippen molar-refractivity contribution in [3.8, 4) is 5.75 Å². The number of fused-ring (bicyclic) bond motifs is 2. The second-order valence-corrected chi connectivity index (χ2v) is 5.60. The first-order valence-corrected chi connectivity index (χ1v) is 7.70. The fraction of sp³-hybridized carbons (Fsp3) is 0.176. The van der Waals surface area contributed by atoms with Crippen molar-refractivity contribution in [2.45, 2.75) is 13.3 Å². The maximum atomic E-state index is 12.3. The Balaban J connectivity index is 2.53. The van der Waals surface area contributed by atoms with Crippen molar-refractivity contribution in [1.29, 1.82) is 0 Å². The first-order chi connectivity index (χ1) is 12.3. The van der Waals surface area contributed by atoms with Gasteiger partial charge in [0.25, 0.3) is 0 Å². The molecule has 3 rings (SSSR count). The molecule has 3 aromatic rings. The summed E-state index contributed by atoms with van der Waals surface area (Å²) in [5, 5.41) is 18.5. The number of ether oxygens (including phenoxy) is 1. The summed E-state index contributed by atoms with van der Waals surface area (Å²) in [7, 11) is 0. The van der Waals surface area contributed by atoms with Crippen LogP contribution in [0.1, 0.15) is 34.3 Å². The topological polar surface area (TPSA) is 150 Å². The number of carbonyl (C=O) groups is 2. The normalized spacial score (nSPS) is 11.0. The van der Waals surface area contributed by atoms with E-state index in [0.29, 0.717) is 6.42 Å². The van der Waals surface area contributed by atoms with Gasteiger partial charge < -0.3 is 24.9 Å². The van der Waals surface area contributed by atoms with Crippen molar-refractivity contribution in [3.63, 3.8) is 0 Å². The molecule has 134 valence electrons. The Kier molecular flexibility index (Phi) is 4.21. The minimum atomic E-state index is -1.33. The van der Waals surface area contributed by atoms with Gasteiger partial charge in [0.05, 0.1) is 28.4 Å². The van der Waals surface area contributed by atoms with Gasteiger partial charge >= 0.3 is 11.9 Å². The van der Waals surface area contributed by atoms with Gasteiger partial charge in [-0.15, -0.1) is 0 Å². The number of aromatic amines is 2. The number of hydrogen-bond acceptors (Lipinski definition) is 5. The highest BCUT2D eigenvalue weighted by atomic mass is 16.5. The maximum Gasteiger partial charge on any atom is 0.352 e. The van der Waals surface area contributed by atoms with Gasteiger partial charge in [0.15, 0.2) is 16.6 Å². The molecule has 0 fully saturated rings. The van der Waals surface area contributed by atoms with Crippen LogP contribution in [-0.2, 0) is 0 Å².